The van der Waals surface area contributed by atoms with Gasteiger partial charge in [-0.2, -0.15) is 0 Å². The van der Waals surface area contributed by atoms with E-state index in [9.17, 15) is 14.4 Å². The molecule has 0 radical (unpaired) electrons. The number of likely N-dealkylation sites (tertiary alicyclic amines) is 1. The SMILES string of the molecule is CCC(CN1C(=O)C2CC(C)CC2C1=O)C(=O)O. The van der Waals surface area contributed by atoms with Gasteiger partial charge in [0.1, 0.15) is 0 Å². The number of aliphatic carboxylic acids is 1. The molecule has 1 aliphatic carbocycles. The molecular weight excluding hydrogens is 234 g/mol. The molecule has 100 valence electrons. The largest absolute Gasteiger partial charge is 0.481 e. The smallest absolute Gasteiger partial charge is 0.308 e. The third-order valence-electron chi connectivity index (χ3n) is 4.21. The van der Waals surface area contributed by atoms with Crippen molar-refractivity contribution < 1.29 is 19.5 Å². The molecule has 1 saturated carbocycles. The van der Waals surface area contributed by atoms with Crippen LogP contribution in [0.3, 0.4) is 0 Å². The van der Waals surface area contributed by atoms with Crippen LogP contribution in [0.1, 0.15) is 33.1 Å². The lowest BCUT2D eigenvalue weighted by atomic mass is 10.00. The Bertz CT molecular complexity index is 368. The van der Waals surface area contributed by atoms with Crippen molar-refractivity contribution in [2.45, 2.75) is 33.1 Å². The van der Waals surface area contributed by atoms with Gasteiger partial charge in [0.15, 0.2) is 0 Å². The average Bonchev–Trinajstić information content (AvgIpc) is 2.78. The molecule has 2 amide bonds. The highest BCUT2D eigenvalue weighted by Crippen LogP contribution is 2.43. The van der Waals surface area contributed by atoms with E-state index in [2.05, 4.69) is 6.92 Å². The molecule has 1 heterocycles. The molecular formula is C13H19NO4. The minimum absolute atomic E-state index is 0.0326. The van der Waals surface area contributed by atoms with Crippen LogP contribution in [0.15, 0.2) is 0 Å². The van der Waals surface area contributed by atoms with E-state index in [-0.39, 0.29) is 30.2 Å². The predicted molar refractivity (Wildman–Crippen MR) is 63.5 cm³/mol. The number of hydrogen-bond donors (Lipinski definition) is 1. The number of amides is 2. The first kappa shape index (κ1) is 13.1. The Kier molecular flexibility index (Phi) is 3.41. The van der Waals surface area contributed by atoms with Gasteiger partial charge in [-0.3, -0.25) is 19.3 Å². The van der Waals surface area contributed by atoms with Crippen molar-refractivity contribution in [3.8, 4) is 0 Å². The van der Waals surface area contributed by atoms with Crippen LogP contribution in [0.2, 0.25) is 0 Å². The number of hydrogen-bond acceptors (Lipinski definition) is 3. The zero-order valence-corrected chi connectivity index (χ0v) is 10.8. The number of carbonyl (C=O) groups excluding carboxylic acids is 2. The first-order valence-corrected chi connectivity index (χ1v) is 6.53. The Balaban J connectivity index is 2.10. The first-order valence-electron chi connectivity index (χ1n) is 6.53. The lowest BCUT2D eigenvalue weighted by molar-refractivity contribution is -0.146. The Morgan fingerprint density at radius 1 is 1.33 bits per heavy atom. The van der Waals surface area contributed by atoms with Crippen LogP contribution in [-0.4, -0.2) is 34.3 Å². The van der Waals surface area contributed by atoms with Crippen LogP contribution in [0, 0.1) is 23.7 Å². The molecule has 0 spiro atoms. The summed E-state index contributed by atoms with van der Waals surface area (Å²) < 4.78 is 0. The number of carboxylic acids is 1. The Labute approximate surface area is 106 Å². The molecule has 0 bridgehead atoms. The van der Waals surface area contributed by atoms with Gasteiger partial charge in [-0.1, -0.05) is 13.8 Å². The van der Waals surface area contributed by atoms with Gasteiger partial charge in [-0.15, -0.1) is 0 Å². The van der Waals surface area contributed by atoms with Crippen molar-refractivity contribution in [3.63, 3.8) is 0 Å². The van der Waals surface area contributed by atoms with E-state index in [1.165, 1.54) is 4.90 Å². The zero-order valence-electron chi connectivity index (χ0n) is 10.8. The van der Waals surface area contributed by atoms with Gasteiger partial charge in [0.05, 0.1) is 17.8 Å². The molecule has 0 aromatic carbocycles. The standard InChI is InChI=1S/C13H19NO4/c1-3-8(13(17)18)6-14-11(15)9-4-7(2)5-10(9)12(14)16/h7-10H,3-6H2,1-2H3,(H,17,18). The van der Waals surface area contributed by atoms with E-state index < -0.39 is 11.9 Å². The molecule has 5 heteroatoms. The van der Waals surface area contributed by atoms with E-state index in [4.69, 9.17) is 5.11 Å². The molecule has 0 aromatic heterocycles. The molecule has 3 atom stereocenters. The summed E-state index contributed by atoms with van der Waals surface area (Å²) in [5.41, 5.74) is 0. The van der Waals surface area contributed by atoms with Gasteiger partial charge < -0.3 is 5.11 Å². The van der Waals surface area contributed by atoms with Crippen LogP contribution in [0.4, 0.5) is 0 Å². The highest BCUT2D eigenvalue weighted by molar-refractivity contribution is 6.05. The van der Waals surface area contributed by atoms with Gasteiger partial charge in [0, 0.05) is 6.54 Å². The molecule has 0 aromatic rings. The number of imide groups is 1. The monoisotopic (exact) mass is 253 g/mol. The average molecular weight is 253 g/mol. The van der Waals surface area contributed by atoms with Crippen molar-refractivity contribution in [2.75, 3.05) is 6.54 Å². The molecule has 18 heavy (non-hydrogen) atoms. The summed E-state index contributed by atoms with van der Waals surface area (Å²) >= 11 is 0. The third-order valence-corrected chi connectivity index (χ3v) is 4.21. The Hall–Kier alpha value is -1.39. The molecule has 5 nitrogen and oxygen atoms in total. The summed E-state index contributed by atoms with van der Waals surface area (Å²) in [6.07, 6.45) is 1.95. The lowest BCUT2D eigenvalue weighted by Gasteiger charge is -2.20. The van der Waals surface area contributed by atoms with Crippen molar-refractivity contribution in [3.05, 3.63) is 0 Å². The fourth-order valence-corrected chi connectivity index (χ4v) is 3.13. The first-order chi connectivity index (χ1) is 8.45. The second-order valence-corrected chi connectivity index (χ2v) is 5.52. The molecule has 1 saturated heterocycles. The fourth-order valence-electron chi connectivity index (χ4n) is 3.13. The fraction of sp³-hybridized carbons (Fsp3) is 0.769. The number of carbonyl (C=O) groups is 3. The molecule has 2 fully saturated rings. The number of nitrogens with zero attached hydrogens (tertiary/aromatic N) is 1. The van der Waals surface area contributed by atoms with Crippen molar-refractivity contribution in [2.24, 2.45) is 23.7 Å². The summed E-state index contributed by atoms with van der Waals surface area (Å²) in [6.45, 7) is 3.84. The van der Waals surface area contributed by atoms with Crippen LogP contribution >= 0.6 is 0 Å². The second-order valence-electron chi connectivity index (χ2n) is 5.52. The molecule has 2 rings (SSSR count). The van der Waals surface area contributed by atoms with Gasteiger partial charge in [0.25, 0.3) is 0 Å². The molecule has 2 aliphatic rings. The Morgan fingerprint density at radius 3 is 2.22 bits per heavy atom. The normalized spacial score (nSPS) is 32.8. The van der Waals surface area contributed by atoms with Crippen molar-refractivity contribution in [1.82, 2.24) is 4.90 Å². The summed E-state index contributed by atoms with van der Waals surface area (Å²) in [5.74, 6) is -1.88. The van der Waals surface area contributed by atoms with E-state index in [0.29, 0.717) is 12.3 Å². The maximum absolute atomic E-state index is 12.1. The predicted octanol–water partition coefficient (Wildman–Crippen LogP) is 1.13. The Morgan fingerprint density at radius 2 is 1.83 bits per heavy atom. The topological polar surface area (TPSA) is 74.7 Å². The van der Waals surface area contributed by atoms with Crippen molar-refractivity contribution in [1.29, 1.82) is 0 Å². The quantitative estimate of drug-likeness (QED) is 0.762. The van der Waals surface area contributed by atoms with Crippen LogP contribution < -0.4 is 0 Å². The van der Waals surface area contributed by atoms with Gasteiger partial charge in [-0.25, -0.2) is 0 Å². The van der Waals surface area contributed by atoms with Gasteiger partial charge in [-0.05, 0) is 25.2 Å². The number of rotatable bonds is 4. The minimum Gasteiger partial charge on any atom is -0.481 e. The summed E-state index contributed by atoms with van der Waals surface area (Å²) in [4.78, 5) is 36.4. The zero-order chi connectivity index (χ0) is 13.4. The highest BCUT2D eigenvalue weighted by Gasteiger charge is 2.52. The van der Waals surface area contributed by atoms with Gasteiger partial charge in [0.2, 0.25) is 11.8 Å². The van der Waals surface area contributed by atoms with Crippen LogP contribution in [-0.2, 0) is 14.4 Å². The van der Waals surface area contributed by atoms with Gasteiger partial charge >= 0.3 is 5.97 Å². The highest BCUT2D eigenvalue weighted by atomic mass is 16.4. The second kappa shape index (κ2) is 4.71. The van der Waals surface area contributed by atoms with E-state index >= 15 is 0 Å². The summed E-state index contributed by atoms with van der Waals surface area (Å²) in [5, 5.41) is 9.00. The maximum atomic E-state index is 12.1. The van der Waals surface area contributed by atoms with Crippen molar-refractivity contribution >= 4 is 17.8 Å². The number of fused-ring (bicyclic) bond motifs is 1. The van der Waals surface area contributed by atoms with E-state index in [1.54, 1.807) is 6.92 Å². The minimum atomic E-state index is -0.941. The molecule has 1 aliphatic heterocycles. The van der Waals surface area contributed by atoms with E-state index in [1.807, 2.05) is 0 Å². The lowest BCUT2D eigenvalue weighted by Crippen LogP contribution is -2.38. The third kappa shape index (κ3) is 2.02. The number of carboxylic acid groups (broad SMARTS) is 1. The molecule has 3 unspecified atom stereocenters. The van der Waals surface area contributed by atoms with Crippen LogP contribution in [0.5, 0.6) is 0 Å². The summed E-state index contributed by atoms with van der Waals surface area (Å²) in [6, 6.07) is 0. The molecule has 1 N–H and O–H groups in total. The van der Waals surface area contributed by atoms with Crippen LogP contribution in [0.25, 0.3) is 0 Å². The van der Waals surface area contributed by atoms with E-state index in [0.717, 1.165) is 12.8 Å². The maximum Gasteiger partial charge on any atom is 0.308 e. The summed E-state index contributed by atoms with van der Waals surface area (Å²) in [7, 11) is 0.